The van der Waals surface area contributed by atoms with Crippen LogP contribution in [0.2, 0.25) is 0 Å². The second-order valence-corrected chi connectivity index (χ2v) is 5.58. The molecule has 19 heavy (non-hydrogen) atoms. The monoisotopic (exact) mass is 265 g/mol. The molecule has 1 atom stereocenters. The minimum atomic E-state index is -0.102. The van der Waals surface area contributed by atoms with Crippen LogP contribution in [0.15, 0.2) is 18.3 Å². The molecule has 0 spiro atoms. The molecule has 1 rings (SSSR count). The van der Waals surface area contributed by atoms with E-state index in [1.54, 1.807) is 4.90 Å². The molecule has 0 saturated heterocycles. The standard InChI is InChI=1S/C15H27N3O/c1-6-18-9-7-8-13(18)11-16-14(10-12(2)3)15(19)17(4)5/h7-9,12,14,16H,6,10-11H2,1-5H3. The maximum absolute atomic E-state index is 12.1. The lowest BCUT2D eigenvalue weighted by Crippen LogP contribution is -2.44. The van der Waals surface area contributed by atoms with Gasteiger partial charge in [-0.3, -0.25) is 4.79 Å². The molecular formula is C15H27N3O. The van der Waals surface area contributed by atoms with Gasteiger partial charge in [0.1, 0.15) is 0 Å². The number of hydrogen-bond acceptors (Lipinski definition) is 2. The van der Waals surface area contributed by atoms with E-state index >= 15 is 0 Å². The number of hydrogen-bond donors (Lipinski definition) is 1. The molecule has 1 N–H and O–H groups in total. The number of aryl methyl sites for hydroxylation is 1. The molecule has 0 aliphatic carbocycles. The van der Waals surface area contributed by atoms with E-state index in [9.17, 15) is 4.79 Å². The van der Waals surface area contributed by atoms with E-state index in [2.05, 4.69) is 42.9 Å². The molecule has 1 aromatic heterocycles. The Morgan fingerprint density at radius 2 is 2.11 bits per heavy atom. The van der Waals surface area contributed by atoms with Gasteiger partial charge in [-0.1, -0.05) is 13.8 Å². The average Bonchev–Trinajstić information content (AvgIpc) is 2.80. The summed E-state index contributed by atoms with van der Waals surface area (Å²) in [5.41, 5.74) is 1.22. The zero-order chi connectivity index (χ0) is 14.4. The summed E-state index contributed by atoms with van der Waals surface area (Å²) in [6.45, 7) is 8.11. The lowest BCUT2D eigenvalue weighted by Gasteiger charge is -2.23. The lowest BCUT2D eigenvalue weighted by atomic mass is 10.0. The van der Waals surface area contributed by atoms with Gasteiger partial charge in [0.15, 0.2) is 0 Å². The van der Waals surface area contributed by atoms with Crippen LogP contribution in [0, 0.1) is 5.92 Å². The van der Waals surface area contributed by atoms with Crippen LogP contribution in [0.25, 0.3) is 0 Å². The van der Waals surface area contributed by atoms with E-state index in [0.717, 1.165) is 19.5 Å². The number of likely N-dealkylation sites (N-methyl/N-ethyl adjacent to an activating group) is 1. The molecular weight excluding hydrogens is 238 g/mol. The van der Waals surface area contributed by atoms with Crippen LogP contribution >= 0.6 is 0 Å². The first-order valence-corrected chi connectivity index (χ1v) is 7.04. The van der Waals surface area contributed by atoms with Crippen molar-refractivity contribution in [2.75, 3.05) is 14.1 Å². The van der Waals surface area contributed by atoms with E-state index < -0.39 is 0 Å². The zero-order valence-electron chi connectivity index (χ0n) is 12.8. The normalized spacial score (nSPS) is 12.7. The minimum absolute atomic E-state index is 0.102. The second kappa shape index (κ2) is 7.34. The van der Waals surface area contributed by atoms with E-state index in [0.29, 0.717) is 5.92 Å². The number of nitrogens with one attached hydrogen (secondary N) is 1. The highest BCUT2D eigenvalue weighted by atomic mass is 16.2. The maximum Gasteiger partial charge on any atom is 0.239 e. The van der Waals surface area contributed by atoms with Crippen molar-refractivity contribution in [2.24, 2.45) is 5.92 Å². The summed E-state index contributed by atoms with van der Waals surface area (Å²) < 4.78 is 2.19. The number of carbonyl (C=O) groups is 1. The van der Waals surface area contributed by atoms with Crippen molar-refractivity contribution in [3.63, 3.8) is 0 Å². The van der Waals surface area contributed by atoms with Crippen molar-refractivity contribution in [1.82, 2.24) is 14.8 Å². The summed E-state index contributed by atoms with van der Waals surface area (Å²) in [4.78, 5) is 13.8. The van der Waals surface area contributed by atoms with Gasteiger partial charge in [0.2, 0.25) is 5.91 Å². The topological polar surface area (TPSA) is 37.3 Å². The van der Waals surface area contributed by atoms with Crippen molar-refractivity contribution in [3.8, 4) is 0 Å². The lowest BCUT2D eigenvalue weighted by molar-refractivity contribution is -0.131. The predicted octanol–water partition coefficient (Wildman–Crippen LogP) is 2.10. The molecule has 0 radical (unpaired) electrons. The number of carbonyl (C=O) groups excluding carboxylic acids is 1. The van der Waals surface area contributed by atoms with Crippen LogP contribution in [0.3, 0.4) is 0 Å². The molecule has 4 nitrogen and oxygen atoms in total. The van der Waals surface area contributed by atoms with Gasteiger partial charge in [0.25, 0.3) is 0 Å². The average molecular weight is 265 g/mol. The zero-order valence-corrected chi connectivity index (χ0v) is 12.8. The first-order chi connectivity index (χ1) is 8.95. The third-order valence-corrected chi connectivity index (χ3v) is 3.24. The molecule has 1 aromatic rings. The Morgan fingerprint density at radius 3 is 2.63 bits per heavy atom. The van der Waals surface area contributed by atoms with Gasteiger partial charge < -0.3 is 14.8 Å². The molecule has 108 valence electrons. The summed E-state index contributed by atoms with van der Waals surface area (Å²) in [7, 11) is 3.62. The molecule has 0 aromatic carbocycles. The van der Waals surface area contributed by atoms with Gasteiger partial charge in [-0.25, -0.2) is 0 Å². The fraction of sp³-hybridized carbons (Fsp3) is 0.667. The molecule has 1 amide bonds. The molecule has 0 saturated carbocycles. The number of aromatic nitrogens is 1. The highest BCUT2D eigenvalue weighted by molar-refractivity contribution is 5.81. The van der Waals surface area contributed by atoms with E-state index in [1.165, 1.54) is 5.69 Å². The Bertz CT molecular complexity index is 396. The third kappa shape index (κ3) is 4.71. The van der Waals surface area contributed by atoms with Gasteiger partial charge in [0.05, 0.1) is 6.04 Å². The van der Waals surface area contributed by atoms with E-state index in [4.69, 9.17) is 0 Å². The molecule has 0 fully saturated rings. The van der Waals surface area contributed by atoms with Gasteiger partial charge in [-0.05, 0) is 31.4 Å². The molecule has 1 heterocycles. The van der Waals surface area contributed by atoms with E-state index in [-0.39, 0.29) is 11.9 Å². The highest BCUT2D eigenvalue weighted by Gasteiger charge is 2.21. The Balaban J connectivity index is 2.65. The van der Waals surface area contributed by atoms with Crippen molar-refractivity contribution in [3.05, 3.63) is 24.0 Å². The largest absolute Gasteiger partial charge is 0.351 e. The van der Waals surface area contributed by atoms with Crippen LogP contribution in [0.1, 0.15) is 32.9 Å². The fourth-order valence-electron chi connectivity index (χ4n) is 2.20. The molecule has 1 unspecified atom stereocenters. The van der Waals surface area contributed by atoms with Crippen molar-refractivity contribution in [2.45, 2.75) is 46.3 Å². The van der Waals surface area contributed by atoms with Crippen molar-refractivity contribution in [1.29, 1.82) is 0 Å². The summed E-state index contributed by atoms with van der Waals surface area (Å²) >= 11 is 0. The third-order valence-electron chi connectivity index (χ3n) is 3.24. The number of rotatable bonds is 7. The smallest absolute Gasteiger partial charge is 0.239 e. The summed E-state index contributed by atoms with van der Waals surface area (Å²) in [6, 6.07) is 4.05. The van der Waals surface area contributed by atoms with Crippen LogP contribution in [0.4, 0.5) is 0 Å². The Hall–Kier alpha value is -1.29. The van der Waals surface area contributed by atoms with Crippen LogP contribution in [-0.2, 0) is 17.9 Å². The van der Waals surface area contributed by atoms with Gasteiger partial charge in [-0.15, -0.1) is 0 Å². The van der Waals surface area contributed by atoms with Crippen LogP contribution in [0.5, 0.6) is 0 Å². The summed E-state index contributed by atoms with van der Waals surface area (Å²) in [5, 5.41) is 3.40. The van der Waals surface area contributed by atoms with Gasteiger partial charge >= 0.3 is 0 Å². The summed E-state index contributed by atoms with van der Waals surface area (Å²) in [6.07, 6.45) is 2.94. The van der Waals surface area contributed by atoms with Gasteiger partial charge in [0, 0.05) is 39.1 Å². The quantitative estimate of drug-likeness (QED) is 0.820. The molecule has 4 heteroatoms. The highest BCUT2D eigenvalue weighted by Crippen LogP contribution is 2.09. The molecule has 0 bridgehead atoms. The number of amides is 1. The van der Waals surface area contributed by atoms with Crippen molar-refractivity contribution < 1.29 is 4.79 Å². The van der Waals surface area contributed by atoms with Crippen molar-refractivity contribution >= 4 is 5.91 Å². The fourth-order valence-corrected chi connectivity index (χ4v) is 2.20. The predicted molar refractivity (Wildman–Crippen MR) is 78.9 cm³/mol. The minimum Gasteiger partial charge on any atom is -0.351 e. The summed E-state index contributed by atoms with van der Waals surface area (Å²) in [5.74, 6) is 0.655. The van der Waals surface area contributed by atoms with E-state index in [1.807, 2.05) is 20.2 Å². The van der Waals surface area contributed by atoms with Crippen LogP contribution < -0.4 is 5.32 Å². The Kier molecular flexibility index (Phi) is 6.09. The first kappa shape index (κ1) is 15.8. The Morgan fingerprint density at radius 1 is 1.42 bits per heavy atom. The van der Waals surface area contributed by atoms with Gasteiger partial charge in [-0.2, -0.15) is 0 Å². The second-order valence-electron chi connectivity index (χ2n) is 5.58. The first-order valence-electron chi connectivity index (χ1n) is 7.04. The Labute approximate surface area is 116 Å². The molecule has 0 aliphatic heterocycles. The molecule has 0 aliphatic rings. The number of nitrogens with zero attached hydrogens (tertiary/aromatic N) is 2. The SMILES string of the molecule is CCn1cccc1CNC(CC(C)C)C(=O)N(C)C. The van der Waals surface area contributed by atoms with Crippen LogP contribution in [-0.4, -0.2) is 35.5 Å². The maximum atomic E-state index is 12.1.